The third-order valence-corrected chi connectivity index (χ3v) is 4.75. The molecule has 1 aliphatic rings. The van der Waals surface area contributed by atoms with Crippen molar-refractivity contribution in [2.75, 3.05) is 13.2 Å². The summed E-state index contributed by atoms with van der Waals surface area (Å²) >= 11 is 6.18. The maximum Gasteiger partial charge on any atom is 0.287 e. The number of halogens is 1. The zero-order chi connectivity index (χ0) is 18.8. The first-order valence-corrected chi connectivity index (χ1v) is 8.96. The summed E-state index contributed by atoms with van der Waals surface area (Å²) in [5, 5.41) is 11.1. The lowest BCUT2D eigenvalue weighted by atomic mass is 10.2. The van der Waals surface area contributed by atoms with Crippen molar-refractivity contribution in [3.8, 4) is 0 Å². The Bertz CT molecular complexity index is 1040. The van der Waals surface area contributed by atoms with Crippen LogP contribution in [0.2, 0.25) is 5.02 Å². The number of amides is 1. The summed E-state index contributed by atoms with van der Waals surface area (Å²) in [6.07, 6.45) is 1.88. The predicted octanol–water partition coefficient (Wildman–Crippen LogP) is 1.13. The van der Waals surface area contributed by atoms with Gasteiger partial charge in [0.05, 0.1) is 12.6 Å². The van der Waals surface area contributed by atoms with Crippen molar-refractivity contribution < 1.29 is 9.53 Å². The number of nitrogens with one attached hydrogen (secondary N) is 2. The van der Waals surface area contributed by atoms with Gasteiger partial charge in [0.1, 0.15) is 0 Å². The minimum atomic E-state index is -0.521. The van der Waals surface area contributed by atoms with Gasteiger partial charge in [0.15, 0.2) is 11.2 Å². The summed E-state index contributed by atoms with van der Waals surface area (Å²) in [6, 6.07) is 7.29. The molecule has 0 unspecified atom stereocenters. The van der Waals surface area contributed by atoms with Crippen LogP contribution in [-0.4, -0.2) is 50.1 Å². The monoisotopic (exact) mass is 388 g/mol. The van der Waals surface area contributed by atoms with Crippen molar-refractivity contribution in [3.05, 3.63) is 51.0 Å². The Kier molecular flexibility index (Phi) is 4.87. The molecule has 2 N–H and O–H groups in total. The number of aromatic amines is 1. The SMILES string of the molecule is O=C(NC[C@@H]1CCCO1)c1nc2c(nnn2Cc2ccccc2Cl)c(=O)[nH]1. The minimum absolute atomic E-state index is 0.00294. The molecule has 0 spiro atoms. The molecule has 1 fully saturated rings. The van der Waals surface area contributed by atoms with Crippen molar-refractivity contribution in [3.63, 3.8) is 0 Å². The molecule has 0 saturated carbocycles. The highest BCUT2D eigenvalue weighted by molar-refractivity contribution is 6.31. The van der Waals surface area contributed by atoms with Crippen molar-refractivity contribution >= 4 is 28.7 Å². The Morgan fingerprint density at radius 3 is 3.04 bits per heavy atom. The molecular formula is C17H17ClN6O3. The number of hydrogen-bond donors (Lipinski definition) is 2. The van der Waals surface area contributed by atoms with Gasteiger partial charge in [-0.1, -0.05) is 35.0 Å². The van der Waals surface area contributed by atoms with Crippen LogP contribution in [0.25, 0.3) is 11.2 Å². The van der Waals surface area contributed by atoms with Crippen LogP contribution >= 0.6 is 11.6 Å². The standard InChI is InChI=1S/C17H17ClN6O3/c18-12-6-2-1-4-10(12)9-24-15-13(22-23-24)16(25)21-14(20-15)17(26)19-8-11-5-3-7-27-11/h1-2,4,6,11H,3,5,7-9H2,(H,19,26)(H,20,21,25)/t11-/m0/s1. The van der Waals surface area contributed by atoms with E-state index in [4.69, 9.17) is 16.3 Å². The fourth-order valence-corrected chi connectivity index (χ4v) is 3.16. The van der Waals surface area contributed by atoms with Gasteiger partial charge in [0.25, 0.3) is 11.5 Å². The summed E-state index contributed by atoms with van der Waals surface area (Å²) in [6.45, 7) is 1.36. The van der Waals surface area contributed by atoms with Gasteiger partial charge in [-0.3, -0.25) is 9.59 Å². The molecule has 1 amide bonds. The molecule has 1 aliphatic heterocycles. The number of carbonyl (C=O) groups is 1. The van der Waals surface area contributed by atoms with Crippen molar-refractivity contribution in [1.82, 2.24) is 30.3 Å². The largest absolute Gasteiger partial charge is 0.376 e. The summed E-state index contributed by atoms with van der Waals surface area (Å²) in [7, 11) is 0. The molecule has 1 saturated heterocycles. The van der Waals surface area contributed by atoms with Crippen LogP contribution in [0, 0.1) is 0 Å². The number of nitrogens with zero attached hydrogens (tertiary/aromatic N) is 4. The van der Waals surface area contributed by atoms with Gasteiger partial charge in [-0.05, 0) is 24.5 Å². The van der Waals surface area contributed by atoms with E-state index in [0.717, 1.165) is 18.4 Å². The molecular weight excluding hydrogens is 372 g/mol. The first-order chi connectivity index (χ1) is 13.1. The molecule has 0 radical (unpaired) electrons. The number of carbonyl (C=O) groups excluding carboxylic acids is 1. The minimum Gasteiger partial charge on any atom is -0.376 e. The summed E-state index contributed by atoms with van der Waals surface area (Å²) < 4.78 is 6.92. The Labute approximate surface area is 158 Å². The van der Waals surface area contributed by atoms with E-state index < -0.39 is 11.5 Å². The second-order valence-corrected chi connectivity index (χ2v) is 6.68. The lowest BCUT2D eigenvalue weighted by Crippen LogP contribution is -2.34. The van der Waals surface area contributed by atoms with Crippen molar-refractivity contribution in [1.29, 1.82) is 0 Å². The molecule has 3 aromatic rings. The van der Waals surface area contributed by atoms with Gasteiger partial charge >= 0.3 is 0 Å². The quantitative estimate of drug-likeness (QED) is 0.677. The number of rotatable bonds is 5. The highest BCUT2D eigenvalue weighted by Gasteiger charge is 2.20. The average molecular weight is 389 g/mol. The predicted molar refractivity (Wildman–Crippen MR) is 97.8 cm³/mol. The summed E-state index contributed by atoms with van der Waals surface area (Å²) in [5.74, 6) is -0.566. The molecule has 27 heavy (non-hydrogen) atoms. The molecule has 140 valence electrons. The van der Waals surface area contributed by atoms with Gasteiger partial charge in [-0.25, -0.2) is 9.67 Å². The van der Waals surface area contributed by atoms with E-state index in [0.29, 0.717) is 18.2 Å². The van der Waals surface area contributed by atoms with Gasteiger partial charge in [-0.15, -0.1) is 5.10 Å². The number of ether oxygens (including phenoxy) is 1. The van der Waals surface area contributed by atoms with Crippen molar-refractivity contribution in [2.24, 2.45) is 0 Å². The zero-order valence-electron chi connectivity index (χ0n) is 14.3. The van der Waals surface area contributed by atoms with Gasteiger partial charge in [-0.2, -0.15) is 0 Å². The average Bonchev–Trinajstić information content (AvgIpc) is 3.32. The topological polar surface area (TPSA) is 115 Å². The molecule has 2 aromatic heterocycles. The van der Waals surface area contributed by atoms with E-state index in [1.165, 1.54) is 4.68 Å². The van der Waals surface area contributed by atoms with Gasteiger partial charge in [0.2, 0.25) is 5.82 Å². The number of aromatic nitrogens is 5. The maximum absolute atomic E-state index is 12.4. The Morgan fingerprint density at radius 1 is 1.41 bits per heavy atom. The third kappa shape index (κ3) is 3.69. The van der Waals surface area contributed by atoms with Crippen LogP contribution in [-0.2, 0) is 11.3 Å². The van der Waals surface area contributed by atoms with Gasteiger partial charge in [0, 0.05) is 18.2 Å². The van der Waals surface area contributed by atoms with Crippen LogP contribution in [0.4, 0.5) is 0 Å². The Hall–Kier alpha value is -2.78. The van der Waals surface area contributed by atoms with Crippen LogP contribution in [0.1, 0.15) is 29.0 Å². The third-order valence-electron chi connectivity index (χ3n) is 4.38. The van der Waals surface area contributed by atoms with Crippen LogP contribution in [0.15, 0.2) is 29.1 Å². The fourth-order valence-electron chi connectivity index (χ4n) is 2.96. The second kappa shape index (κ2) is 7.45. The Morgan fingerprint density at radius 2 is 2.26 bits per heavy atom. The normalized spacial score (nSPS) is 16.7. The smallest absolute Gasteiger partial charge is 0.287 e. The van der Waals surface area contributed by atoms with Crippen LogP contribution < -0.4 is 10.9 Å². The van der Waals surface area contributed by atoms with Crippen molar-refractivity contribution in [2.45, 2.75) is 25.5 Å². The fraction of sp³-hybridized carbons (Fsp3) is 0.353. The maximum atomic E-state index is 12.4. The van der Waals surface area contributed by atoms with E-state index >= 15 is 0 Å². The second-order valence-electron chi connectivity index (χ2n) is 6.27. The van der Waals surface area contributed by atoms with E-state index in [-0.39, 0.29) is 29.6 Å². The zero-order valence-corrected chi connectivity index (χ0v) is 15.1. The van der Waals surface area contributed by atoms with E-state index in [9.17, 15) is 9.59 Å². The lowest BCUT2D eigenvalue weighted by Gasteiger charge is -2.10. The molecule has 3 heterocycles. The van der Waals surface area contributed by atoms with E-state index in [2.05, 4.69) is 25.6 Å². The first kappa shape index (κ1) is 17.6. The summed E-state index contributed by atoms with van der Waals surface area (Å²) in [4.78, 5) is 31.3. The van der Waals surface area contributed by atoms with E-state index in [1.54, 1.807) is 6.07 Å². The molecule has 4 rings (SSSR count). The molecule has 9 nitrogen and oxygen atoms in total. The van der Waals surface area contributed by atoms with Crippen LogP contribution in [0.5, 0.6) is 0 Å². The van der Waals surface area contributed by atoms with E-state index in [1.807, 2.05) is 18.2 Å². The number of fused-ring (bicyclic) bond motifs is 1. The molecule has 10 heteroatoms. The molecule has 1 atom stereocenters. The number of benzene rings is 1. The number of H-pyrrole nitrogens is 1. The van der Waals surface area contributed by atoms with Gasteiger partial charge < -0.3 is 15.0 Å². The molecule has 0 bridgehead atoms. The lowest BCUT2D eigenvalue weighted by molar-refractivity contribution is 0.0849. The molecule has 0 aliphatic carbocycles. The summed E-state index contributed by atoms with van der Waals surface area (Å²) in [5.41, 5.74) is 0.573. The Balaban J connectivity index is 1.60. The van der Waals surface area contributed by atoms with Crippen LogP contribution in [0.3, 0.4) is 0 Å². The molecule has 1 aromatic carbocycles. The first-order valence-electron chi connectivity index (χ1n) is 8.58. The highest BCUT2D eigenvalue weighted by atomic mass is 35.5. The number of hydrogen-bond acceptors (Lipinski definition) is 6. The highest BCUT2D eigenvalue weighted by Crippen LogP contribution is 2.17.